The quantitative estimate of drug-likeness (QED) is 0.306. The number of rotatable bonds is 8. The summed E-state index contributed by atoms with van der Waals surface area (Å²) < 4.78 is 24.3. The summed E-state index contributed by atoms with van der Waals surface area (Å²) in [6, 6.07) is 9.87. The topological polar surface area (TPSA) is 57.2 Å². The van der Waals surface area contributed by atoms with E-state index in [-0.39, 0.29) is 23.3 Å². The predicted molar refractivity (Wildman–Crippen MR) is 139 cm³/mol. The van der Waals surface area contributed by atoms with Crippen LogP contribution in [0.5, 0.6) is 0 Å². The molecule has 1 amide bonds. The van der Waals surface area contributed by atoms with Crippen molar-refractivity contribution >= 4 is 14.4 Å². The van der Waals surface area contributed by atoms with E-state index in [0.29, 0.717) is 19.8 Å². The van der Waals surface area contributed by atoms with E-state index >= 15 is 0 Å². The van der Waals surface area contributed by atoms with E-state index in [1.54, 1.807) is 4.90 Å². The second kappa shape index (κ2) is 10.9. The summed E-state index contributed by atoms with van der Waals surface area (Å²) in [6.07, 6.45) is 3.42. The summed E-state index contributed by atoms with van der Waals surface area (Å²) in [5.41, 5.74) is -0.208. The molecular formula is C27H45NO5Si. The molecule has 1 aliphatic rings. The fourth-order valence-corrected chi connectivity index (χ4v) is 4.70. The average Bonchev–Trinajstić information content (AvgIpc) is 2.98. The molecule has 1 aliphatic heterocycles. The molecule has 192 valence electrons. The third kappa shape index (κ3) is 8.22. The summed E-state index contributed by atoms with van der Waals surface area (Å²) in [4.78, 5) is 14.6. The Bertz CT molecular complexity index is 824. The number of carbonyl (C=O) groups excluding carboxylic acids is 1. The molecule has 2 atom stereocenters. The summed E-state index contributed by atoms with van der Waals surface area (Å²) in [5.74, 6) is 0. The molecule has 1 aromatic rings. The van der Waals surface area contributed by atoms with Crippen LogP contribution in [0.4, 0.5) is 4.79 Å². The lowest BCUT2D eigenvalue weighted by molar-refractivity contribution is -0.0610. The first-order chi connectivity index (χ1) is 15.5. The van der Waals surface area contributed by atoms with Gasteiger partial charge in [0, 0.05) is 0 Å². The van der Waals surface area contributed by atoms with Crippen LogP contribution >= 0.6 is 0 Å². The molecule has 2 rings (SSSR count). The third-order valence-electron chi connectivity index (χ3n) is 6.30. The Morgan fingerprint density at radius 3 is 2.35 bits per heavy atom. The minimum atomic E-state index is -2.04. The highest BCUT2D eigenvalue weighted by Gasteiger charge is 2.45. The number of carbonyl (C=O) groups is 1. The van der Waals surface area contributed by atoms with Gasteiger partial charge < -0.3 is 18.6 Å². The van der Waals surface area contributed by atoms with Gasteiger partial charge in [-0.15, -0.1) is 0 Å². The molecule has 1 fully saturated rings. The van der Waals surface area contributed by atoms with Crippen molar-refractivity contribution in [2.75, 3.05) is 13.2 Å². The molecule has 1 heterocycles. The van der Waals surface area contributed by atoms with Crippen LogP contribution in [0, 0.1) is 0 Å². The lowest BCUT2D eigenvalue weighted by Gasteiger charge is -2.38. The van der Waals surface area contributed by atoms with Crippen LogP contribution in [0.1, 0.15) is 61.0 Å². The first-order valence-corrected chi connectivity index (χ1v) is 15.1. The zero-order valence-electron chi connectivity index (χ0n) is 22.8. The molecule has 0 saturated carbocycles. The average molecular weight is 492 g/mol. The molecule has 0 N–H and O–H groups in total. The highest BCUT2D eigenvalue weighted by molar-refractivity contribution is 6.74. The number of hydrogen-bond acceptors (Lipinski definition) is 5. The van der Waals surface area contributed by atoms with E-state index in [0.717, 1.165) is 5.56 Å². The normalized spacial score (nSPS) is 20.1. The third-order valence-corrected chi connectivity index (χ3v) is 10.8. The number of hydrogen-bond donors (Lipinski definition) is 0. The Balaban J connectivity index is 2.18. The summed E-state index contributed by atoms with van der Waals surface area (Å²) in [6.45, 7) is 21.9. The highest BCUT2D eigenvalue weighted by Crippen LogP contribution is 2.37. The smallest absolute Gasteiger partial charge is 0.413 e. The van der Waals surface area contributed by atoms with Crippen LogP contribution in [-0.4, -0.2) is 56.0 Å². The van der Waals surface area contributed by atoms with Gasteiger partial charge in [-0.1, -0.05) is 63.3 Å². The molecule has 34 heavy (non-hydrogen) atoms. The molecule has 7 heteroatoms. The number of ether oxygens (including phenoxy) is 3. The molecule has 0 bridgehead atoms. The van der Waals surface area contributed by atoms with Crippen LogP contribution < -0.4 is 0 Å². The zero-order chi connectivity index (χ0) is 25.8. The highest BCUT2D eigenvalue weighted by atomic mass is 28.4. The minimum Gasteiger partial charge on any atom is -0.444 e. The molecule has 0 unspecified atom stereocenters. The van der Waals surface area contributed by atoms with Crippen LogP contribution in [0.15, 0.2) is 42.5 Å². The van der Waals surface area contributed by atoms with E-state index < -0.39 is 19.6 Å². The molecule has 0 aliphatic carbocycles. The second-order valence-corrected chi connectivity index (χ2v) is 16.7. The van der Waals surface area contributed by atoms with E-state index in [1.165, 1.54) is 0 Å². The van der Waals surface area contributed by atoms with Gasteiger partial charge in [0.2, 0.25) is 0 Å². The minimum absolute atomic E-state index is 0.0690. The number of benzene rings is 1. The van der Waals surface area contributed by atoms with Crippen molar-refractivity contribution in [3.63, 3.8) is 0 Å². The standard InChI is InChI=1S/C27H45NO5Si/c1-25(2,3)32-24(29)28-22(19-31-27(28,7)8)16-17-23(33-34(9,10)26(4,5)6)20-30-18-21-14-12-11-13-15-21/h11-17,22-23H,18-20H2,1-10H3/b17-16+/t22-,23-/m0/s1. The Morgan fingerprint density at radius 1 is 1.18 bits per heavy atom. The van der Waals surface area contributed by atoms with E-state index in [9.17, 15) is 4.79 Å². The van der Waals surface area contributed by atoms with Crippen molar-refractivity contribution in [2.24, 2.45) is 0 Å². The maximum absolute atomic E-state index is 13.0. The zero-order valence-corrected chi connectivity index (χ0v) is 23.8. The maximum Gasteiger partial charge on any atom is 0.413 e. The van der Waals surface area contributed by atoms with Crippen LogP contribution in [0.25, 0.3) is 0 Å². The van der Waals surface area contributed by atoms with Gasteiger partial charge >= 0.3 is 6.09 Å². The maximum atomic E-state index is 13.0. The molecule has 1 saturated heterocycles. The SMILES string of the molecule is CC(C)(C)OC(=O)N1[C@@H](/C=C/[C@@H](COCc2ccccc2)O[Si](C)(C)C(C)(C)C)COC1(C)C. The van der Waals surface area contributed by atoms with Gasteiger partial charge in [-0.25, -0.2) is 4.79 Å². The Kier molecular flexibility index (Phi) is 9.19. The molecule has 6 nitrogen and oxygen atoms in total. The van der Waals surface area contributed by atoms with Crippen LogP contribution in [0.3, 0.4) is 0 Å². The van der Waals surface area contributed by atoms with E-state index in [1.807, 2.05) is 65.0 Å². The van der Waals surface area contributed by atoms with Crippen molar-refractivity contribution in [1.29, 1.82) is 0 Å². The fourth-order valence-electron chi connectivity index (χ4n) is 3.44. The van der Waals surface area contributed by atoms with Crippen molar-refractivity contribution in [3.8, 4) is 0 Å². The van der Waals surface area contributed by atoms with Gasteiger partial charge in [-0.3, -0.25) is 4.90 Å². The second-order valence-electron chi connectivity index (χ2n) is 12.0. The van der Waals surface area contributed by atoms with Crippen molar-refractivity contribution < 1.29 is 23.4 Å². The van der Waals surface area contributed by atoms with Crippen molar-refractivity contribution in [3.05, 3.63) is 48.0 Å². The molecule has 0 aromatic heterocycles. The molecule has 1 aromatic carbocycles. The lowest BCUT2D eigenvalue weighted by atomic mass is 10.2. The number of nitrogens with zero attached hydrogens (tertiary/aromatic N) is 1. The van der Waals surface area contributed by atoms with Crippen LogP contribution in [0.2, 0.25) is 18.1 Å². The summed E-state index contributed by atoms with van der Waals surface area (Å²) in [7, 11) is -2.04. The lowest BCUT2D eigenvalue weighted by Crippen LogP contribution is -2.49. The first-order valence-electron chi connectivity index (χ1n) is 12.2. The number of amides is 1. The van der Waals surface area contributed by atoms with Gasteiger partial charge in [0.05, 0.1) is 32.0 Å². The molecule has 0 spiro atoms. The summed E-state index contributed by atoms with van der Waals surface area (Å²) in [5, 5.41) is 0.0690. The van der Waals surface area contributed by atoms with Crippen LogP contribution in [-0.2, 0) is 25.2 Å². The van der Waals surface area contributed by atoms with E-state index in [2.05, 4.69) is 46.0 Å². The van der Waals surface area contributed by atoms with Gasteiger partial charge in [0.15, 0.2) is 8.32 Å². The molecule has 0 radical (unpaired) electrons. The summed E-state index contributed by atoms with van der Waals surface area (Å²) >= 11 is 0. The van der Waals surface area contributed by atoms with Gasteiger partial charge in [-0.2, -0.15) is 0 Å². The Labute approximate surface area is 207 Å². The fraction of sp³-hybridized carbons (Fsp3) is 0.667. The van der Waals surface area contributed by atoms with E-state index in [4.69, 9.17) is 18.6 Å². The Morgan fingerprint density at radius 2 is 1.79 bits per heavy atom. The van der Waals surface area contributed by atoms with Crippen molar-refractivity contribution in [2.45, 2.75) is 104 Å². The largest absolute Gasteiger partial charge is 0.444 e. The van der Waals surface area contributed by atoms with Gasteiger partial charge in [-0.05, 0) is 58.3 Å². The molecular weight excluding hydrogens is 446 g/mol. The van der Waals surface area contributed by atoms with Gasteiger partial charge in [0.25, 0.3) is 0 Å². The van der Waals surface area contributed by atoms with Crippen molar-refractivity contribution in [1.82, 2.24) is 4.90 Å². The Hall–Kier alpha value is -1.67. The monoisotopic (exact) mass is 491 g/mol. The first kappa shape index (κ1) is 28.6. The van der Waals surface area contributed by atoms with Gasteiger partial charge in [0.1, 0.15) is 11.3 Å². The predicted octanol–water partition coefficient (Wildman–Crippen LogP) is 6.52.